The minimum absolute atomic E-state index is 0.137. The Balaban J connectivity index is 3.41. The van der Waals surface area contributed by atoms with E-state index in [9.17, 15) is 9.59 Å². The van der Waals surface area contributed by atoms with E-state index in [4.69, 9.17) is 14.2 Å². The molecule has 0 fully saturated rings. The SMILES string of the molecule is CCOC(=O)/C=C\C(=O)OCCOCCOCCI. The minimum Gasteiger partial charge on any atom is -0.463 e. The lowest BCUT2D eigenvalue weighted by Gasteiger charge is -2.04. The quantitative estimate of drug-likeness (QED) is 0.174. The van der Waals surface area contributed by atoms with Gasteiger partial charge in [-0.05, 0) is 6.92 Å². The van der Waals surface area contributed by atoms with Gasteiger partial charge in [-0.2, -0.15) is 0 Å². The number of rotatable bonds is 11. The van der Waals surface area contributed by atoms with E-state index in [1.165, 1.54) is 0 Å². The van der Waals surface area contributed by atoms with E-state index in [1.54, 1.807) is 6.92 Å². The fourth-order valence-electron chi connectivity index (χ4n) is 0.952. The standard InChI is InChI=1S/C12H19IO6/c1-2-18-11(14)3-4-12(15)19-10-9-17-8-7-16-6-5-13/h3-4H,2,5-10H2,1H3/b4-3-. The highest BCUT2D eigenvalue weighted by Gasteiger charge is 2.00. The number of hydrogen-bond donors (Lipinski definition) is 0. The number of carbonyl (C=O) groups excluding carboxylic acids is 2. The molecular formula is C12H19IO6. The van der Waals surface area contributed by atoms with Crippen LogP contribution in [0.5, 0.6) is 0 Å². The van der Waals surface area contributed by atoms with Crippen LogP contribution in [0.3, 0.4) is 0 Å². The predicted molar refractivity (Wildman–Crippen MR) is 77.3 cm³/mol. The summed E-state index contributed by atoms with van der Waals surface area (Å²) < 4.78 is 20.7. The smallest absolute Gasteiger partial charge is 0.331 e. The van der Waals surface area contributed by atoms with Gasteiger partial charge in [0.25, 0.3) is 0 Å². The lowest BCUT2D eigenvalue weighted by atomic mass is 10.5. The van der Waals surface area contributed by atoms with E-state index in [0.29, 0.717) is 26.4 Å². The Labute approximate surface area is 126 Å². The Morgan fingerprint density at radius 2 is 1.42 bits per heavy atom. The molecule has 0 heterocycles. The number of alkyl halides is 1. The fraction of sp³-hybridized carbons (Fsp3) is 0.667. The summed E-state index contributed by atoms with van der Waals surface area (Å²) in [4.78, 5) is 22.0. The number of esters is 2. The average Bonchev–Trinajstić information content (AvgIpc) is 2.40. The summed E-state index contributed by atoms with van der Waals surface area (Å²) in [6.45, 7) is 4.09. The second-order valence-corrected chi connectivity index (χ2v) is 4.25. The second-order valence-electron chi connectivity index (χ2n) is 3.17. The normalized spacial score (nSPS) is 10.6. The number of carbonyl (C=O) groups is 2. The third-order valence-corrected chi connectivity index (χ3v) is 2.15. The average molecular weight is 386 g/mol. The molecule has 0 saturated carbocycles. The van der Waals surface area contributed by atoms with Gasteiger partial charge in [-0.3, -0.25) is 0 Å². The molecular weight excluding hydrogens is 367 g/mol. The zero-order valence-electron chi connectivity index (χ0n) is 10.9. The van der Waals surface area contributed by atoms with Gasteiger partial charge in [0, 0.05) is 16.6 Å². The monoisotopic (exact) mass is 386 g/mol. The lowest BCUT2D eigenvalue weighted by molar-refractivity contribution is -0.141. The van der Waals surface area contributed by atoms with Crippen molar-refractivity contribution in [3.63, 3.8) is 0 Å². The first-order valence-corrected chi connectivity index (χ1v) is 7.46. The molecule has 0 aromatic rings. The molecule has 0 spiro atoms. The molecule has 0 bridgehead atoms. The maximum Gasteiger partial charge on any atom is 0.331 e. The molecule has 0 aliphatic rings. The number of ether oxygens (including phenoxy) is 4. The molecule has 7 heteroatoms. The zero-order valence-corrected chi connectivity index (χ0v) is 13.1. The fourth-order valence-corrected chi connectivity index (χ4v) is 1.26. The van der Waals surface area contributed by atoms with Crippen LogP contribution in [0.25, 0.3) is 0 Å². The topological polar surface area (TPSA) is 71.1 Å². The van der Waals surface area contributed by atoms with Gasteiger partial charge in [-0.1, -0.05) is 22.6 Å². The molecule has 110 valence electrons. The van der Waals surface area contributed by atoms with Crippen molar-refractivity contribution in [2.24, 2.45) is 0 Å². The zero-order chi connectivity index (χ0) is 14.3. The lowest BCUT2D eigenvalue weighted by Crippen LogP contribution is -2.12. The molecule has 6 nitrogen and oxygen atoms in total. The van der Waals surface area contributed by atoms with Crippen LogP contribution in [-0.2, 0) is 28.5 Å². The summed E-state index contributed by atoms with van der Waals surface area (Å²) in [5, 5.41) is 0. The Bertz CT molecular complexity index is 279. The van der Waals surface area contributed by atoms with Gasteiger partial charge in [-0.15, -0.1) is 0 Å². The van der Waals surface area contributed by atoms with Crippen LogP contribution in [0.2, 0.25) is 0 Å². The molecule has 19 heavy (non-hydrogen) atoms. The van der Waals surface area contributed by atoms with Gasteiger partial charge in [0.2, 0.25) is 0 Å². The molecule has 0 saturated heterocycles. The van der Waals surface area contributed by atoms with Crippen LogP contribution in [-0.4, -0.2) is 56.0 Å². The highest BCUT2D eigenvalue weighted by atomic mass is 127. The summed E-state index contributed by atoms with van der Waals surface area (Å²) in [7, 11) is 0. The third-order valence-electron chi connectivity index (χ3n) is 1.71. The molecule has 0 N–H and O–H groups in total. The molecule has 0 aliphatic heterocycles. The van der Waals surface area contributed by atoms with Crippen molar-refractivity contribution in [1.82, 2.24) is 0 Å². The van der Waals surface area contributed by atoms with Crippen molar-refractivity contribution in [3.8, 4) is 0 Å². The third kappa shape index (κ3) is 13.6. The van der Waals surface area contributed by atoms with E-state index in [-0.39, 0.29) is 13.2 Å². The maximum atomic E-state index is 11.1. The molecule has 0 aromatic heterocycles. The molecule has 0 aromatic carbocycles. The molecule has 0 aliphatic carbocycles. The van der Waals surface area contributed by atoms with E-state index < -0.39 is 11.9 Å². The van der Waals surface area contributed by atoms with Crippen LogP contribution in [0.4, 0.5) is 0 Å². The minimum atomic E-state index is -0.599. The van der Waals surface area contributed by atoms with Crippen molar-refractivity contribution in [2.45, 2.75) is 6.92 Å². The Morgan fingerprint density at radius 3 is 2.00 bits per heavy atom. The summed E-state index contributed by atoms with van der Waals surface area (Å²) >= 11 is 2.22. The van der Waals surface area contributed by atoms with Crippen molar-refractivity contribution in [3.05, 3.63) is 12.2 Å². The second kappa shape index (κ2) is 13.8. The van der Waals surface area contributed by atoms with E-state index in [2.05, 4.69) is 27.3 Å². The van der Waals surface area contributed by atoms with Gasteiger partial charge < -0.3 is 18.9 Å². The van der Waals surface area contributed by atoms with Crippen molar-refractivity contribution in [2.75, 3.05) is 44.1 Å². The summed E-state index contributed by atoms with van der Waals surface area (Å²) in [5.41, 5.74) is 0. The van der Waals surface area contributed by atoms with Crippen molar-refractivity contribution < 1.29 is 28.5 Å². The van der Waals surface area contributed by atoms with Crippen molar-refractivity contribution in [1.29, 1.82) is 0 Å². The summed E-state index contributed by atoms with van der Waals surface area (Å²) in [5.74, 6) is -1.17. The predicted octanol–water partition coefficient (Wildman–Crippen LogP) is 1.12. The first-order valence-electron chi connectivity index (χ1n) is 5.93. The number of hydrogen-bond acceptors (Lipinski definition) is 6. The van der Waals surface area contributed by atoms with Gasteiger partial charge >= 0.3 is 11.9 Å². The first-order chi connectivity index (χ1) is 9.20. The molecule has 0 radical (unpaired) electrons. The van der Waals surface area contributed by atoms with Gasteiger partial charge in [0.1, 0.15) is 6.61 Å². The van der Waals surface area contributed by atoms with E-state index in [1.807, 2.05) is 0 Å². The Kier molecular flexibility index (Phi) is 13.3. The van der Waals surface area contributed by atoms with Crippen LogP contribution in [0.15, 0.2) is 12.2 Å². The first kappa shape index (κ1) is 18.3. The van der Waals surface area contributed by atoms with Crippen molar-refractivity contribution >= 4 is 34.5 Å². The van der Waals surface area contributed by atoms with E-state index >= 15 is 0 Å². The molecule has 0 rings (SSSR count). The summed E-state index contributed by atoms with van der Waals surface area (Å²) in [6, 6.07) is 0. The maximum absolute atomic E-state index is 11.1. The highest BCUT2D eigenvalue weighted by molar-refractivity contribution is 14.1. The van der Waals surface area contributed by atoms with Crippen LogP contribution < -0.4 is 0 Å². The molecule has 0 atom stereocenters. The Morgan fingerprint density at radius 1 is 0.895 bits per heavy atom. The Hall–Kier alpha value is -0.670. The van der Waals surface area contributed by atoms with Crippen LogP contribution >= 0.6 is 22.6 Å². The number of halogens is 1. The van der Waals surface area contributed by atoms with Crippen LogP contribution in [0.1, 0.15) is 6.92 Å². The van der Waals surface area contributed by atoms with Crippen LogP contribution in [0, 0.1) is 0 Å². The molecule has 0 unspecified atom stereocenters. The summed E-state index contributed by atoms with van der Waals surface area (Å²) in [6.07, 6.45) is 2.06. The highest BCUT2D eigenvalue weighted by Crippen LogP contribution is 1.87. The molecule has 0 amide bonds. The van der Waals surface area contributed by atoms with Gasteiger partial charge in [-0.25, -0.2) is 9.59 Å². The largest absolute Gasteiger partial charge is 0.463 e. The van der Waals surface area contributed by atoms with Gasteiger partial charge in [0.15, 0.2) is 0 Å². The van der Waals surface area contributed by atoms with E-state index in [0.717, 1.165) is 16.6 Å². The van der Waals surface area contributed by atoms with Gasteiger partial charge in [0.05, 0.1) is 33.0 Å².